The van der Waals surface area contributed by atoms with Crippen molar-refractivity contribution in [3.63, 3.8) is 0 Å². The summed E-state index contributed by atoms with van der Waals surface area (Å²) in [6.45, 7) is 4.22. The molecule has 2 aromatic rings. The molecule has 0 fully saturated rings. The van der Waals surface area contributed by atoms with Gasteiger partial charge in [-0.3, -0.25) is 4.72 Å². The van der Waals surface area contributed by atoms with Crippen LogP contribution in [0.5, 0.6) is 0 Å². The molecule has 0 spiro atoms. The predicted molar refractivity (Wildman–Crippen MR) is 91.7 cm³/mol. The number of nitriles is 1. The molecule has 0 bridgehead atoms. The minimum Gasteiger partial charge on any atom is -0.280 e. The van der Waals surface area contributed by atoms with E-state index in [1.165, 1.54) is 0 Å². The van der Waals surface area contributed by atoms with Crippen LogP contribution in [-0.4, -0.2) is 8.42 Å². The van der Waals surface area contributed by atoms with Crippen molar-refractivity contribution >= 4 is 15.7 Å². The lowest BCUT2D eigenvalue weighted by atomic mass is 9.99. The zero-order valence-corrected chi connectivity index (χ0v) is 14.1. The summed E-state index contributed by atoms with van der Waals surface area (Å²) in [5, 5.41) is 8.64. The molecule has 0 aliphatic carbocycles. The largest absolute Gasteiger partial charge is 0.280 e. The van der Waals surface area contributed by atoms with Gasteiger partial charge in [0.2, 0.25) is 0 Å². The highest BCUT2D eigenvalue weighted by Crippen LogP contribution is 2.22. The number of rotatable bonds is 6. The SMILES string of the molecule is CCC(C)c1ccc(S(=O)(=O)Nc2ccc(CC#N)cc2)cc1. The molecule has 23 heavy (non-hydrogen) atoms. The van der Waals surface area contributed by atoms with Crippen LogP contribution in [0.4, 0.5) is 5.69 Å². The van der Waals surface area contributed by atoms with E-state index in [1.54, 1.807) is 36.4 Å². The number of benzene rings is 2. The molecule has 1 atom stereocenters. The Kier molecular flexibility index (Phi) is 5.41. The average Bonchev–Trinajstić information content (AvgIpc) is 2.56. The number of hydrogen-bond donors (Lipinski definition) is 1. The van der Waals surface area contributed by atoms with Crippen molar-refractivity contribution in [2.45, 2.75) is 37.5 Å². The van der Waals surface area contributed by atoms with E-state index >= 15 is 0 Å². The van der Waals surface area contributed by atoms with Crippen LogP contribution in [0.25, 0.3) is 0 Å². The first-order valence-corrected chi connectivity index (χ1v) is 9.03. The fourth-order valence-electron chi connectivity index (χ4n) is 2.21. The number of nitrogens with one attached hydrogen (secondary N) is 1. The van der Waals surface area contributed by atoms with Gasteiger partial charge < -0.3 is 0 Å². The van der Waals surface area contributed by atoms with Gasteiger partial charge in [-0.25, -0.2) is 8.42 Å². The van der Waals surface area contributed by atoms with E-state index in [2.05, 4.69) is 24.6 Å². The normalized spacial score (nSPS) is 12.4. The molecule has 0 aliphatic heterocycles. The van der Waals surface area contributed by atoms with Crippen molar-refractivity contribution in [2.75, 3.05) is 4.72 Å². The van der Waals surface area contributed by atoms with Crippen molar-refractivity contribution in [2.24, 2.45) is 0 Å². The minimum absolute atomic E-state index is 0.241. The predicted octanol–water partition coefficient (Wildman–Crippen LogP) is 4.07. The number of nitrogens with zero attached hydrogens (tertiary/aromatic N) is 1. The molecule has 2 aromatic carbocycles. The van der Waals surface area contributed by atoms with Gasteiger partial charge in [-0.1, -0.05) is 38.1 Å². The molecule has 0 radical (unpaired) electrons. The highest BCUT2D eigenvalue weighted by atomic mass is 32.2. The van der Waals surface area contributed by atoms with Gasteiger partial charge in [-0.15, -0.1) is 0 Å². The van der Waals surface area contributed by atoms with Gasteiger partial charge in [-0.2, -0.15) is 5.26 Å². The van der Waals surface area contributed by atoms with Gasteiger partial charge in [0.1, 0.15) is 0 Å². The van der Waals surface area contributed by atoms with Gasteiger partial charge in [0.05, 0.1) is 17.4 Å². The van der Waals surface area contributed by atoms with Crippen LogP contribution >= 0.6 is 0 Å². The van der Waals surface area contributed by atoms with E-state index in [0.29, 0.717) is 18.0 Å². The molecule has 0 heterocycles. The molecule has 120 valence electrons. The van der Waals surface area contributed by atoms with E-state index in [4.69, 9.17) is 5.26 Å². The average molecular weight is 328 g/mol. The molecule has 0 amide bonds. The lowest BCUT2D eigenvalue weighted by Gasteiger charge is -2.11. The highest BCUT2D eigenvalue weighted by molar-refractivity contribution is 7.92. The van der Waals surface area contributed by atoms with Crippen molar-refractivity contribution in [1.29, 1.82) is 5.26 Å². The van der Waals surface area contributed by atoms with Gasteiger partial charge in [-0.05, 0) is 47.7 Å². The smallest absolute Gasteiger partial charge is 0.261 e. The number of sulfonamides is 1. The molecule has 0 aliphatic rings. The highest BCUT2D eigenvalue weighted by Gasteiger charge is 2.14. The molecule has 5 heteroatoms. The monoisotopic (exact) mass is 328 g/mol. The second-order valence-corrected chi connectivity index (χ2v) is 7.20. The second kappa shape index (κ2) is 7.30. The summed E-state index contributed by atoms with van der Waals surface area (Å²) in [4.78, 5) is 0.241. The van der Waals surface area contributed by atoms with Crippen molar-refractivity contribution in [3.05, 3.63) is 59.7 Å². The first kappa shape index (κ1) is 17.0. The van der Waals surface area contributed by atoms with Crippen LogP contribution in [0.1, 0.15) is 37.3 Å². The van der Waals surface area contributed by atoms with Crippen LogP contribution < -0.4 is 4.72 Å². The Labute approximate surface area is 137 Å². The Balaban J connectivity index is 2.16. The van der Waals surface area contributed by atoms with Gasteiger partial charge in [0, 0.05) is 5.69 Å². The Morgan fingerprint density at radius 1 is 1.09 bits per heavy atom. The van der Waals surface area contributed by atoms with Gasteiger partial charge in [0.15, 0.2) is 0 Å². The maximum Gasteiger partial charge on any atom is 0.261 e. The van der Waals surface area contributed by atoms with E-state index in [9.17, 15) is 8.42 Å². The summed E-state index contributed by atoms with van der Waals surface area (Å²) in [7, 11) is -3.60. The van der Waals surface area contributed by atoms with Crippen LogP contribution in [0.2, 0.25) is 0 Å². The number of hydrogen-bond acceptors (Lipinski definition) is 3. The zero-order valence-electron chi connectivity index (χ0n) is 13.3. The lowest BCUT2D eigenvalue weighted by Crippen LogP contribution is -2.13. The fraction of sp³-hybridized carbons (Fsp3) is 0.278. The topological polar surface area (TPSA) is 70.0 Å². The summed E-state index contributed by atoms with van der Waals surface area (Å²) in [6, 6.07) is 15.9. The maximum absolute atomic E-state index is 12.4. The molecular formula is C18H20N2O2S. The van der Waals surface area contributed by atoms with Crippen molar-refractivity contribution < 1.29 is 8.42 Å². The summed E-state index contributed by atoms with van der Waals surface area (Å²) in [5.41, 5.74) is 2.47. The molecule has 0 saturated carbocycles. The molecule has 0 aromatic heterocycles. The van der Waals surface area contributed by atoms with Gasteiger partial charge in [0.25, 0.3) is 10.0 Å². The molecule has 4 nitrogen and oxygen atoms in total. The quantitative estimate of drug-likeness (QED) is 0.869. The van der Waals surface area contributed by atoms with E-state index in [0.717, 1.165) is 17.5 Å². The van der Waals surface area contributed by atoms with Crippen molar-refractivity contribution in [3.8, 4) is 6.07 Å². The first-order chi connectivity index (χ1) is 11.0. The molecule has 0 saturated heterocycles. The standard InChI is InChI=1S/C18H20N2O2S/c1-3-14(2)16-6-10-18(11-7-16)23(21,22)20-17-8-4-15(5-9-17)12-13-19/h4-11,14,20H,3,12H2,1-2H3. The Morgan fingerprint density at radius 2 is 1.70 bits per heavy atom. The van der Waals surface area contributed by atoms with E-state index < -0.39 is 10.0 Å². The lowest BCUT2D eigenvalue weighted by molar-refractivity contribution is 0.601. The summed E-state index contributed by atoms with van der Waals surface area (Å²) in [6.07, 6.45) is 1.32. The van der Waals surface area contributed by atoms with Crippen LogP contribution in [0.3, 0.4) is 0 Å². The first-order valence-electron chi connectivity index (χ1n) is 7.55. The Hall–Kier alpha value is -2.32. The minimum atomic E-state index is -3.60. The molecule has 2 rings (SSSR count). The van der Waals surface area contributed by atoms with E-state index in [1.807, 2.05) is 12.1 Å². The molecule has 1 unspecified atom stereocenters. The Morgan fingerprint density at radius 3 is 2.22 bits per heavy atom. The molecule has 1 N–H and O–H groups in total. The fourth-order valence-corrected chi connectivity index (χ4v) is 3.27. The number of anilines is 1. The van der Waals surface area contributed by atoms with Gasteiger partial charge >= 0.3 is 0 Å². The summed E-state index contributed by atoms with van der Waals surface area (Å²) in [5.74, 6) is 0.410. The third-order valence-electron chi connectivity index (χ3n) is 3.86. The Bertz CT molecular complexity index is 788. The third kappa shape index (κ3) is 4.33. The zero-order chi connectivity index (χ0) is 16.9. The molecular weight excluding hydrogens is 308 g/mol. The summed E-state index contributed by atoms with van der Waals surface area (Å²) < 4.78 is 27.4. The summed E-state index contributed by atoms with van der Waals surface area (Å²) >= 11 is 0. The van der Waals surface area contributed by atoms with E-state index in [-0.39, 0.29) is 4.90 Å². The maximum atomic E-state index is 12.4. The van der Waals surface area contributed by atoms with Crippen LogP contribution in [0.15, 0.2) is 53.4 Å². The van der Waals surface area contributed by atoms with Crippen LogP contribution in [-0.2, 0) is 16.4 Å². The van der Waals surface area contributed by atoms with Crippen LogP contribution in [0, 0.1) is 11.3 Å². The van der Waals surface area contributed by atoms with Crippen molar-refractivity contribution in [1.82, 2.24) is 0 Å². The third-order valence-corrected chi connectivity index (χ3v) is 5.26. The second-order valence-electron chi connectivity index (χ2n) is 5.52.